The van der Waals surface area contributed by atoms with Crippen LogP contribution < -0.4 is 5.32 Å². The van der Waals surface area contributed by atoms with Crippen LogP contribution in [0.4, 0.5) is 8.78 Å². The Morgan fingerprint density at radius 1 is 1.05 bits per heavy atom. The molecule has 0 radical (unpaired) electrons. The van der Waals surface area contributed by atoms with Crippen molar-refractivity contribution in [2.24, 2.45) is 16.7 Å². The van der Waals surface area contributed by atoms with Crippen LogP contribution in [-0.4, -0.2) is 28.4 Å². The van der Waals surface area contributed by atoms with E-state index in [2.05, 4.69) is 5.32 Å². The van der Waals surface area contributed by atoms with Crippen molar-refractivity contribution in [1.29, 1.82) is 0 Å². The van der Waals surface area contributed by atoms with Crippen molar-refractivity contribution < 1.29 is 23.5 Å². The Labute approximate surface area is 127 Å². The summed E-state index contributed by atoms with van der Waals surface area (Å²) in [6.45, 7) is 0. The van der Waals surface area contributed by atoms with Crippen LogP contribution in [-0.2, 0) is 9.59 Å². The lowest BCUT2D eigenvalue weighted by Crippen LogP contribution is -2.71. The molecule has 0 atom stereocenters. The zero-order valence-corrected chi connectivity index (χ0v) is 12.5. The molecule has 4 nitrogen and oxygen atoms in total. The third kappa shape index (κ3) is 2.14. The van der Waals surface area contributed by atoms with Crippen molar-refractivity contribution >= 4 is 11.9 Å². The number of alkyl halides is 2. The molecule has 1 amide bonds. The molecule has 122 valence electrons. The van der Waals surface area contributed by atoms with E-state index >= 15 is 0 Å². The van der Waals surface area contributed by atoms with E-state index in [1.807, 2.05) is 0 Å². The van der Waals surface area contributed by atoms with Gasteiger partial charge in [-0.2, -0.15) is 0 Å². The largest absolute Gasteiger partial charge is 0.480 e. The van der Waals surface area contributed by atoms with Crippen molar-refractivity contribution in [3.8, 4) is 0 Å². The highest BCUT2D eigenvalue weighted by Gasteiger charge is 2.69. The van der Waals surface area contributed by atoms with E-state index in [-0.39, 0.29) is 31.6 Å². The van der Waals surface area contributed by atoms with Crippen LogP contribution in [0.2, 0.25) is 0 Å². The first-order valence-electron chi connectivity index (χ1n) is 8.08. The highest BCUT2D eigenvalue weighted by Crippen LogP contribution is 2.66. The summed E-state index contributed by atoms with van der Waals surface area (Å²) in [5.74, 6) is -3.60. The minimum absolute atomic E-state index is 0.144. The molecule has 0 aromatic heterocycles. The fourth-order valence-electron chi connectivity index (χ4n) is 5.29. The lowest BCUT2D eigenvalue weighted by Gasteiger charge is -2.61. The van der Waals surface area contributed by atoms with E-state index in [9.17, 15) is 23.5 Å². The maximum atomic E-state index is 13.0. The molecule has 2 spiro atoms. The first kappa shape index (κ1) is 14.4. The van der Waals surface area contributed by atoms with E-state index in [0.717, 1.165) is 12.8 Å². The second kappa shape index (κ2) is 4.01. The van der Waals surface area contributed by atoms with Gasteiger partial charge in [0.1, 0.15) is 5.54 Å². The van der Waals surface area contributed by atoms with Crippen molar-refractivity contribution in [3.63, 3.8) is 0 Å². The molecular formula is C16H21F2NO3. The highest BCUT2D eigenvalue weighted by molar-refractivity contribution is 5.88. The number of hydrogen-bond acceptors (Lipinski definition) is 2. The number of amides is 1. The molecule has 0 unspecified atom stereocenters. The zero-order chi connectivity index (χ0) is 15.8. The lowest BCUT2D eigenvalue weighted by atomic mass is 9.47. The van der Waals surface area contributed by atoms with Gasteiger partial charge >= 0.3 is 5.97 Å². The van der Waals surface area contributed by atoms with E-state index < -0.39 is 22.8 Å². The molecule has 4 fully saturated rings. The Balaban J connectivity index is 1.31. The number of aliphatic carboxylic acids is 1. The lowest BCUT2D eigenvalue weighted by molar-refractivity contribution is -0.222. The Bertz CT molecular complexity index is 532. The van der Waals surface area contributed by atoms with Gasteiger partial charge in [0.05, 0.1) is 0 Å². The molecule has 0 bridgehead atoms. The minimum Gasteiger partial charge on any atom is -0.480 e. The molecule has 4 saturated carbocycles. The third-order valence-electron chi connectivity index (χ3n) is 6.28. The zero-order valence-electron chi connectivity index (χ0n) is 12.5. The summed E-state index contributed by atoms with van der Waals surface area (Å²) in [6.07, 6.45) is 4.87. The fourth-order valence-corrected chi connectivity index (χ4v) is 5.29. The molecule has 0 heterocycles. The fraction of sp³-hybridized carbons (Fsp3) is 0.875. The van der Waals surface area contributed by atoms with Crippen LogP contribution in [0.1, 0.15) is 57.8 Å². The summed E-state index contributed by atoms with van der Waals surface area (Å²) in [6, 6.07) is 0. The molecular weight excluding hydrogens is 292 g/mol. The van der Waals surface area contributed by atoms with Gasteiger partial charge in [0.25, 0.3) is 0 Å². The van der Waals surface area contributed by atoms with E-state index in [1.54, 1.807) is 0 Å². The number of carbonyl (C=O) groups excluding carboxylic acids is 1. The van der Waals surface area contributed by atoms with Crippen molar-refractivity contribution in [2.45, 2.75) is 69.2 Å². The first-order valence-corrected chi connectivity index (χ1v) is 8.08. The van der Waals surface area contributed by atoms with Crippen molar-refractivity contribution in [3.05, 3.63) is 0 Å². The van der Waals surface area contributed by atoms with Crippen molar-refractivity contribution in [1.82, 2.24) is 5.32 Å². The maximum absolute atomic E-state index is 13.0. The molecule has 0 aliphatic heterocycles. The standard InChI is InChI=1S/C16H21F2NO3/c17-16(18)8-14(9-16)6-15(7-14,12(21)22)19-11(20)3-10-4-13(5-10)1-2-13/h10H,1-9H2,(H,19,20)(H,21,22). The van der Waals surface area contributed by atoms with E-state index in [4.69, 9.17) is 0 Å². The van der Waals surface area contributed by atoms with Crippen LogP contribution >= 0.6 is 0 Å². The quantitative estimate of drug-likeness (QED) is 0.838. The predicted molar refractivity (Wildman–Crippen MR) is 73.4 cm³/mol. The van der Waals surface area contributed by atoms with Crippen LogP contribution in [0.25, 0.3) is 0 Å². The van der Waals surface area contributed by atoms with Gasteiger partial charge < -0.3 is 10.4 Å². The van der Waals surface area contributed by atoms with Crippen LogP contribution in [0.3, 0.4) is 0 Å². The van der Waals surface area contributed by atoms with Crippen LogP contribution in [0, 0.1) is 16.7 Å². The van der Waals surface area contributed by atoms with Gasteiger partial charge in [-0.15, -0.1) is 0 Å². The monoisotopic (exact) mass is 313 g/mol. The molecule has 4 aliphatic rings. The maximum Gasteiger partial charge on any atom is 0.329 e. The molecule has 0 saturated heterocycles. The molecule has 4 aliphatic carbocycles. The summed E-state index contributed by atoms with van der Waals surface area (Å²) < 4.78 is 26.1. The molecule has 22 heavy (non-hydrogen) atoms. The predicted octanol–water partition coefficient (Wildman–Crippen LogP) is 2.72. The highest BCUT2D eigenvalue weighted by atomic mass is 19.3. The van der Waals surface area contributed by atoms with Crippen LogP contribution in [0.5, 0.6) is 0 Å². The van der Waals surface area contributed by atoms with Crippen LogP contribution in [0.15, 0.2) is 0 Å². The van der Waals surface area contributed by atoms with Gasteiger partial charge in [-0.3, -0.25) is 4.79 Å². The summed E-state index contributed by atoms with van der Waals surface area (Å²) in [5.41, 5.74) is -1.36. The molecule has 4 rings (SSSR count). The number of carboxylic acids is 1. The number of nitrogens with one attached hydrogen (secondary N) is 1. The second-order valence-electron chi connectivity index (χ2n) is 8.48. The number of hydrogen-bond donors (Lipinski definition) is 2. The normalized spacial score (nSPS) is 31.7. The second-order valence-corrected chi connectivity index (χ2v) is 8.48. The molecule has 0 aromatic carbocycles. The van der Waals surface area contributed by atoms with E-state index in [1.165, 1.54) is 12.8 Å². The Hall–Kier alpha value is -1.20. The third-order valence-corrected chi connectivity index (χ3v) is 6.28. The van der Waals surface area contributed by atoms with Gasteiger partial charge in [0.15, 0.2) is 0 Å². The average molecular weight is 313 g/mol. The number of rotatable bonds is 4. The summed E-state index contributed by atoms with van der Waals surface area (Å²) in [7, 11) is 0. The SMILES string of the molecule is O=C(CC1CC2(CC2)C1)NC1(C(=O)O)CC2(CC(F)(F)C2)C1. The van der Waals surface area contributed by atoms with E-state index in [0.29, 0.717) is 17.8 Å². The van der Waals surface area contributed by atoms with Gasteiger partial charge in [-0.1, -0.05) is 0 Å². The minimum atomic E-state index is -2.65. The van der Waals surface area contributed by atoms with Gasteiger partial charge in [0, 0.05) is 19.3 Å². The summed E-state index contributed by atoms with van der Waals surface area (Å²) >= 11 is 0. The number of carboxylic acid groups (broad SMARTS) is 1. The molecule has 2 N–H and O–H groups in total. The molecule has 6 heteroatoms. The summed E-state index contributed by atoms with van der Waals surface area (Å²) in [5, 5.41) is 12.1. The molecule has 0 aromatic rings. The topological polar surface area (TPSA) is 66.4 Å². The Kier molecular flexibility index (Phi) is 2.62. The van der Waals surface area contributed by atoms with Gasteiger partial charge in [0.2, 0.25) is 11.8 Å². The average Bonchev–Trinajstić information content (AvgIpc) is 3.02. The Morgan fingerprint density at radius 3 is 2.09 bits per heavy atom. The smallest absolute Gasteiger partial charge is 0.329 e. The number of halogens is 2. The first-order chi connectivity index (χ1) is 10.2. The number of carbonyl (C=O) groups is 2. The Morgan fingerprint density at radius 2 is 1.64 bits per heavy atom. The van der Waals surface area contributed by atoms with Gasteiger partial charge in [-0.25, -0.2) is 13.6 Å². The van der Waals surface area contributed by atoms with Gasteiger partial charge in [-0.05, 0) is 55.3 Å². The van der Waals surface area contributed by atoms with Crippen molar-refractivity contribution in [2.75, 3.05) is 0 Å². The summed E-state index contributed by atoms with van der Waals surface area (Å²) in [4.78, 5) is 23.6.